The fraction of sp³-hybridized carbons (Fsp3) is 0.250. The molecule has 0 bridgehead atoms. The second-order valence-electron chi connectivity index (χ2n) is 8.08. The second-order valence-corrected chi connectivity index (χ2v) is 10.2. The number of rotatable bonds is 7. The minimum Gasteiger partial charge on any atom is -0.490 e. The van der Waals surface area contributed by atoms with Gasteiger partial charge in [-0.3, -0.25) is 9.78 Å². The van der Waals surface area contributed by atoms with Crippen molar-refractivity contribution in [3.05, 3.63) is 88.7 Å². The van der Waals surface area contributed by atoms with E-state index in [1.54, 1.807) is 22.9 Å². The Kier molecular flexibility index (Phi) is 7.63. The maximum atomic E-state index is 14.7. The van der Waals surface area contributed by atoms with E-state index in [0.717, 1.165) is 18.5 Å². The van der Waals surface area contributed by atoms with Crippen LogP contribution in [0.2, 0.25) is 5.02 Å². The van der Waals surface area contributed by atoms with E-state index in [0.29, 0.717) is 23.7 Å². The molecular formula is C24H22ClF2N3O4S. The minimum atomic E-state index is -4.69. The van der Waals surface area contributed by atoms with Gasteiger partial charge < -0.3 is 10.1 Å². The number of nitrogens with zero attached hydrogens (tertiary/aromatic N) is 1. The molecule has 0 saturated carbocycles. The summed E-state index contributed by atoms with van der Waals surface area (Å²) in [6, 6.07) is 13.0. The van der Waals surface area contributed by atoms with E-state index in [1.165, 1.54) is 18.3 Å². The summed E-state index contributed by atoms with van der Waals surface area (Å²) in [7, 11) is -4.69. The van der Waals surface area contributed by atoms with Crippen molar-refractivity contribution >= 4 is 27.5 Å². The molecule has 4 rings (SSSR count). The van der Waals surface area contributed by atoms with Gasteiger partial charge >= 0.3 is 0 Å². The third kappa shape index (κ3) is 5.95. The van der Waals surface area contributed by atoms with E-state index in [4.69, 9.17) is 16.3 Å². The first-order chi connectivity index (χ1) is 16.7. The van der Waals surface area contributed by atoms with Crippen molar-refractivity contribution in [3.63, 3.8) is 0 Å². The highest BCUT2D eigenvalue weighted by Gasteiger charge is 2.29. The van der Waals surface area contributed by atoms with Crippen molar-refractivity contribution in [3.8, 4) is 5.75 Å². The summed E-state index contributed by atoms with van der Waals surface area (Å²) >= 11 is 5.98. The number of aromatic nitrogens is 1. The lowest BCUT2D eigenvalue weighted by Crippen LogP contribution is -2.38. The predicted molar refractivity (Wildman–Crippen MR) is 126 cm³/mol. The van der Waals surface area contributed by atoms with E-state index in [2.05, 4.69) is 10.3 Å². The molecular weight excluding hydrogens is 500 g/mol. The fourth-order valence-electron chi connectivity index (χ4n) is 4.00. The summed E-state index contributed by atoms with van der Waals surface area (Å²) in [6.45, 7) is 1.51. The number of nitrogens with one attached hydrogen (secondary N) is 2. The average molecular weight is 522 g/mol. The summed E-state index contributed by atoms with van der Waals surface area (Å²) < 4.78 is 61.7. The number of ether oxygens (including phenoxy) is 1. The highest BCUT2D eigenvalue weighted by Crippen LogP contribution is 2.32. The van der Waals surface area contributed by atoms with E-state index in [9.17, 15) is 22.0 Å². The Labute approximate surface area is 206 Å². The quantitative estimate of drug-likeness (QED) is 0.489. The molecule has 3 aromatic rings. The zero-order valence-corrected chi connectivity index (χ0v) is 20.0. The molecule has 184 valence electrons. The van der Waals surface area contributed by atoms with Crippen LogP contribution in [0.25, 0.3) is 0 Å². The third-order valence-corrected chi connectivity index (χ3v) is 7.36. The first-order valence-electron chi connectivity index (χ1n) is 10.8. The molecule has 1 aliphatic rings. The molecule has 1 saturated heterocycles. The van der Waals surface area contributed by atoms with Gasteiger partial charge in [-0.25, -0.2) is 21.9 Å². The van der Waals surface area contributed by atoms with Crippen LogP contribution >= 0.6 is 11.6 Å². The number of sulfonamides is 1. The molecule has 2 heterocycles. The largest absolute Gasteiger partial charge is 0.490 e. The molecule has 1 amide bonds. The van der Waals surface area contributed by atoms with E-state index >= 15 is 0 Å². The number of carbonyl (C=O) groups is 1. The number of benzene rings is 2. The summed E-state index contributed by atoms with van der Waals surface area (Å²) in [6.07, 6.45) is 2.13. The Hall–Kier alpha value is -3.08. The topological polar surface area (TPSA) is 97.4 Å². The molecule has 1 fully saturated rings. The Morgan fingerprint density at radius 2 is 1.91 bits per heavy atom. The lowest BCUT2D eigenvalue weighted by atomic mass is 9.81. The van der Waals surface area contributed by atoms with Crippen LogP contribution < -0.4 is 14.8 Å². The van der Waals surface area contributed by atoms with Gasteiger partial charge in [0.25, 0.3) is 15.9 Å². The van der Waals surface area contributed by atoms with Gasteiger partial charge in [-0.1, -0.05) is 29.8 Å². The lowest BCUT2D eigenvalue weighted by Gasteiger charge is -2.32. The smallest absolute Gasteiger partial charge is 0.283 e. The van der Waals surface area contributed by atoms with Crippen LogP contribution in [0, 0.1) is 17.6 Å². The van der Waals surface area contributed by atoms with Crippen LogP contribution in [-0.2, 0) is 10.0 Å². The van der Waals surface area contributed by atoms with Crippen LogP contribution in [0.1, 0.15) is 28.4 Å². The van der Waals surface area contributed by atoms with E-state index in [1.807, 2.05) is 12.1 Å². The number of halogens is 3. The van der Waals surface area contributed by atoms with Crippen molar-refractivity contribution in [2.24, 2.45) is 5.92 Å². The standard InChI is InChI=1S/C24H22ClF2N3O4S/c25-17-6-4-15(5-7-17)18-8-10-28-13-16(18)14-34-22-11-20(27)23(12-19(22)26)35(32,33)30-24(31)21-3-1-2-9-29-21/h1-7,9,11-12,16,18,28H,8,10,13-14H2,(H,30,31)/t16-,18-/m1/s1. The van der Waals surface area contributed by atoms with Crippen molar-refractivity contribution in [2.45, 2.75) is 17.2 Å². The van der Waals surface area contributed by atoms with Gasteiger partial charge in [-0.15, -0.1) is 0 Å². The van der Waals surface area contributed by atoms with Gasteiger partial charge in [-0.05, 0) is 48.7 Å². The second kappa shape index (κ2) is 10.7. The van der Waals surface area contributed by atoms with Crippen molar-refractivity contribution in [2.75, 3.05) is 19.7 Å². The van der Waals surface area contributed by atoms with Gasteiger partial charge in [0.2, 0.25) is 0 Å². The number of pyridine rings is 1. The number of piperidine rings is 1. The number of hydrogen-bond donors (Lipinski definition) is 2. The van der Waals surface area contributed by atoms with Crippen molar-refractivity contribution in [1.29, 1.82) is 0 Å². The maximum absolute atomic E-state index is 14.7. The van der Waals surface area contributed by atoms with Crippen LogP contribution in [0.3, 0.4) is 0 Å². The molecule has 35 heavy (non-hydrogen) atoms. The molecule has 7 nitrogen and oxygen atoms in total. The first-order valence-corrected chi connectivity index (χ1v) is 12.7. The predicted octanol–water partition coefficient (Wildman–Crippen LogP) is 3.90. The Morgan fingerprint density at radius 3 is 2.63 bits per heavy atom. The normalized spacial score (nSPS) is 18.1. The molecule has 2 aromatic carbocycles. The Balaban J connectivity index is 1.48. The minimum absolute atomic E-state index is 0.0338. The molecule has 2 atom stereocenters. The van der Waals surface area contributed by atoms with Crippen LogP contribution in [0.4, 0.5) is 8.78 Å². The van der Waals surface area contributed by atoms with Gasteiger partial charge in [0.1, 0.15) is 16.4 Å². The van der Waals surface area contributed by atoms with Gasteiger partial charge in [0, 0.05) is 35.8 Å². The maximum Gasteiger partial charge on any atom is 0.283 e. The SMILES string of the molecule is O=C(NS(=O)(=O)c1cc(F)c(OC[C@H]2CNCC[C@@H]2c2ccc(Cl)cc2)cc1F)c1ccccn1. The van der Waals surface area contributed by atoms with E-state index < -0.39 is 38.2 Å². The Morgan fingerprint density at radius 1 is 1.14 bits per heavy atom. The monoisotopic (exact) mass is 521 g/mol. The lowest BCUT2D eigenvalue weighted by molar-refractivity contribution is 0.0976. The zero-order valence-electron chi connectivity index (χ0n) is 18.4. The van der Waals surface area contributed by atoms with Crippen molar-refractivity contribution in [1.82, 2.24) is 15.0 Å². The van der Waals surface area contributed by atoms with E-state index in [-0.39, 0.29) is 24.1 Å². The van der Waals surface area contributed by atoms with Gasteiger partial charge in [0.05, 0.1) is 6.61 Å². The molecule has 0 radical (unpaired) electrons. The highest BCUT2D eigenvalue weighted by molar-refractivity contribution is 7.90. The number of carbonyl (C=O) groups excluding carboxylic acids is 1. The molecule has 0 unspecified atom stereocenters. The number of amides is 1. The Bertz CT molecular complexity index is 1310. The number of hydrogen-bond acceptors (Lipinski definition) is 6. The summed E-state index contributed by atoms with van der Waals surface area (Å²) in [5, 5.41) is 3.89. The summed E-state index contributed by atoms with van der Waals surface area (Å²) in [5.74, 6) is -3.71. The zero-order chi connectivity index (χ0) is 25.0. The summed E-state index contributed by atoms with van der Waals surface area (Å²) in [4.78, 5) is 14.9. The van der Waals surface area contributed by atoms with Crippen molar-refractivity contribution < 1.29 is 26.7 Å². The molecule has 1 aliphatic heterocycles. The van der Waals surface area contributed by atoms with Crippen LogP contribution in [0.5, 0.6) is 5.75 Å². The molecule has 1 aromatic heterocycles. The van der Waals surface area contributed by atoms with Gasteiger partial charge in [0.15, 0.2) is 11.6 Å². The summed E-state index contributed by atoms with van der Waals surface area (Å²) in [5.41, 5.74) is 0.884. The molecule has 2 N–H and O–H groups in total. The molecule has 0 spiro atoms. The fourth-order valence-corrected chi connectivity index (χ4v) is 5.16. The van der Waals surface area contributed by atoms with Crippen LogP contribution in [0.15, 0.2) is 65.7 Å². The molecule has 11 heteroatoms. The third-order valence-electron chi connectivity index (χ3n) is 5.76. The molecule has 0 aliphatic carbocycles. The van der Waals surface area contributed by atoms with Crippen LogP contribution in [-0.4, -0.2) is 39.0 Å². The highest BCUT2D eigenvalue weighted by atomic mass is 35.5. The average Bonchev–Trinajstić information content (AvgIpc) is 2.85. The first kappa shape index (κ1) is 25.0. The van der Waals surface area contributed by atoms with Gasteiger partial charge in [-0.2, -0.15) is 0 Å².